The monoisotopic (exact) mass is 367 g/mol. The fourth-order valence-corrected chi connectivity index (χ4v) is 3.08. The molecule has 1 amide bonds. The molecular weight excluding hydrogens is 350 g/mol. The quantitative estimate of drug-likeness (QED) is 0.764. The summed E-state index contributed by atoms with van der Waals surface area (Å²) in [5.41, 5.74) is 2.01. The number of halogens is 1. The van der Waals surface area contributed by atoms with Crippen LogP contribution in [0.1, 0.15) is 34.3 Å². The summed E-state index contributed by atoms with van der Waals surface area (Å²) in [5.74, 6) is -0.0752. The molecule has 1 heterocycles. The van der Waals surface area contributed by atoms with Gasteiger partial charge in [-0.3, -0.25) is 4.79 Å². The molecule has 1 aromatic heterocycles. The fourth-order valence-electron chi connectivity index (χ4n) is 2.08. The minimum absolute atomic E-state index is 0.0523. The van der Waals surface area contributed by atoms with Crippen LogP contribution in [-0.2, 0) is 12.8 Å². The lowest BCUT2D eigenvalue weighted by Gasteiger charge is -2.16. The fraction of sp³-hybridized carbons (Fsp3) is 0.400. The lowest BCUT2D eigenvalue weighted by Crippen LogP contribution is -2.37. The van der Waals surface area contributed by atoms with Crippen LogP contribution >= 0.6 is 27.5 Å². The second-order valence-corrected chi connectivity index (χ2v) is 6.21. The number of benzene rings is 1. The molecule has 1 atom stereocenters. The van der Waals surface area contributed by atoms with E-state index in [0.29, 0.717) is 10.2 Å². The molecule has 1 unspecified atom stereocenters. The lowest BCUT2D eigenvalue weighted by atomic mass is 10.1. The van der Waals surface area contributed by atoms with Gasteiger partial charge in [0.1, 0.15) is 4.88 Å². The Balaban J connectivity index is 2.01. The zero-order chi connectivity index (χ0) is 15.1. The number of hydrogen-bond donors (Lipinski definition) is 1. The number of carbonyl (C=O) groups is 1. The van der Waals surface area contributed by atoms with E-state index in [0.717, 1.165) is 25.0 Å². The third-order valence-electron chi connectivity index (χ3n) is 3.10. The van der Waals surface area contributed by atoms with E-state index in [1.807, 2.05) is 18.2 Å². The number of nitrogens with zero attached hydrogens (tertiary/aromatic N) is 2. The van der Waals surface area contributed by atoms with E-state index in [1.165, 1.54) is 17.1 Å². The number of aryl methyl sites for hydroxylation is 1. The van der Waals surface area contributed by atoms with Crippen molar-refractivity contribution in [1.29, 1.82) is 0 Å². The first-order valence-electron chi connectivity index (χ1n) is 6.96. The van der Waals surface area contributed by atoms with Crippen molar-refractivity contribution in [3.05, 3.63) is 46.5 Å². The van der Waals surface area contributed by atoms with Crippen LogP contribution in [0.2, 0.25) is 0 Å². The maximum absolute atomic E-state index is 12.4. The first-order valence-corrected chi connectivity index (χ1v) is 8.86. The van der Waals surface area contributed by atoms with E-state index in [2.05, 4.69) is 49.9 Å². The molecule has 0 radical (unpaired) electrons. The summed E-state index contributed by atoms with van der Waals surface area (Å²) in [7, 11) is 0. The van der Waals surface area contributed by atoms with Crippen molar-refractivity contribution in [1.82, 2.24) is 14.9 Å². The maximum atomic E-state index is 12.4. The average Bonchev–Trinajstić information content (AvgIpc) is 2.96. The standard InChI is InChI=1S/C15H18BrN3OS/c1-2-6-13-14(21-19-18-13)15(20)17-12(10-16)9-11-7-4-3-5-8-11/h3-5,7-8,12H,2,6,9-10H2,1H3,(H,17,20). The molecule has 4 nitrogen and oxygen atoms in total. The molecule has 2 aromatic rings. The van der Waals surface area contributed by atoms with E-state index < -0.39 is 0 Å². The first-order chi connectivity index (χ1) is 10.2. The topological polar surface area (TPSA) is 54.9 Å². The second-order valence-electron chi connectivity index (χ2n) is 4.81. The molecular formula is C15H18BrN3OS. The van der Waals surface area contributed by atoms with Crippen LogP contribution in [0.5, 0.6) is 0 Å². The molecule has 6 heteroatoms. The predicted molar refractivity (Wildman–Crippen MR) is 89.1 cm³/mol. The summed E-state index contributed by atoms with van der Waals surface area (Å²) in [6.07, 6.45) is 2.54. The highest BCUT2D eigenvalue weighted by Crippen LogP contribution is 2.13. The first kappa shape index (κ1) is 16.1. The minimum Gasteiger partial charge on any atom is -0.347 e. The number of alkyl halides is 1. The van der Waals surface area contributed by atoms with Crippen molar-refractivity contribution in [2.24, 2.45) is 0 Å². The van der Waals surface area contributed by atoms with Crippen LogP contribution < -0.4 is 5.32 Å². The highest BCUT2D eigenvalue weighted by atomic mass is 79.9. The van der Waals surface area contributed by atoms with Crippen LogP contribution in [-0.4, -0.2) is 26.9 Å². The van der Waals surface area contributed by atoms with Gasteiger partial charge in [-0.25, -0.2) is 0 Å². The van der Waals surface area contributed by atoms with Crippen LogP contribution in [0.25, 0.3) is 0 Å². The van der Waals surface area contributed by atoms with Gasteiger partial charge in [0, 0.05) is 11.4 Å². The number of aromatic nitrogens is 2. The number of hydrogen-bond acceptors (Lipinski definition) is 4. The molecule has 0 aliphatic carbocycles. The molecule has 0 fully saturated rings. The van der Waals surface area contributed by atoms with Crippen LogP contribution in [0.3, 0.4) is 0 Å². The molecule has 0 saturated heterocycles. The summed E-state index contributed by atoms with van der Waals surface area (Å²) < 4.78 is 3.90. The number of amides is 1. The van der Waals surface area contributed by atoms with Crippen molar-refractivity contribution in [2.45, 2.75) is 32.2 Å². The molecule has 21 heavy (non-hydrogen) atoms. The SMILES string of the molecule is CCCc1nnsc1C(=O)NC(CBr)Cc1ccccc1. The zero-order valence-corrected chi connectivity index (χ0v) is 14.3. The third-order valence-corrected chi connectivity index (χ3v) is 4.64. The maximum Gasteiger partial charge on any atom is 0.265 e. The van der Waals surface area contributed by atoms with Gasteiger partial charge in [-0.2, -0.15) is 0 Å². The number of carbonyl (C=O) groups excluding carboxylic acids is 1. The van der Waals surface area contributed by atoms with Crippen molar-refractivity contribution in [3.63, 3.8) is 0 Å². The van der Waals surface area contributed by atoms with Crippen molar-refractivity contribution in [3.8, 4) is 0 Å². The van der Waals surface area contributed by atoms with E-state index in [-0.39, 0.29) is 11.9 Å². The van der Waals surface area contributed by atoms with E-state index in [4.69, 9.17) is 0 Å². The summed E-state index contributed by atoms with van der Waals surface area (Å²) in [4.78, 5) is 13.0. The second kappa shape index (κ2) is 8.24. The van der Waals surface area contributed by atoms with Crippen molar-refractivity contribution < 1.29 is 4.79 Å². The van der Waals surface area contributed by atoms with E-state index in [1.54, 1.807) is 0 Å². The Morgan fingerprint density at radius 3 is 2.81 bits per heavy atom. The molecule has 112 valence electrons. The number of rotatable bonds is 7. The Labute approximate surface area is 137 Å². The Morgan fingerprint density at radius 2 is 2.14 bits per heavy atom. The average molecular weight is 368 g/mol. The van der Waals surface area contributed by atoms with Gasteiger partial charge in [-0.1, -0.05) is 64.1 Å². The molecule has 1 aromatic carbocycles. The van der Waals surface area contributed by atoms with E-state index >= 15 is 0 Å². The van der Waals surface area contributed by atoms with Crippen molar-refractivity contribution in [2.75, 3.05) is 5.33 Å². The Kier molecular flexibility index (Phi) is 6.32. The summed E-state index contributed by atoms with van der Waals surface area (Å²) in [5, 5.41) is 7.81. The molecule has 0 aliphatic rings. The normalized spacial score (nSPS) is 12.1. The molecule has 0 aliphatic heterocycles. The van der Waals surface area contributed by atoms with Crippen LogP contribution in [0, 0.1) is 0 Å². The van der Waals surface area contributed by atoms with Gasteiger partial charge in [0.05, 0.1) is 5.69 Å². The lowest BCUT2D eigenvalue weighted by molar-refractivity contribution is 0.0944. The third kappa shape index (κ3) is 4.61. The summed E-state index contributed by atoms with van der Waals surface area (Å²) in [6, 6.07) is 10.2. The van der Waals surface area contributed by atoms with Gasteiger partial charge < -0.3 is 5.32 Å². The van der Waals surface area contributed by atoms with Crippen LogP contribution in [0.4, 0.5) is 0 Å². The largest absolute Gasteiger partial charge is 0.347 e. The van der Waals surface area contributed by atoms with Gasteiger partial charge >= 0.3 is 0 Å². The summed E-state index contributed by atoms with van der Waals surface area (Å²) in [6.45, 7) is 2.07. The highest BCUT2D eigenvalue weighted by molar-refractivity contribution is 9.09. The zero-order valence-electron chi connectivity index (χ0n) is 11.9. The molecule has 2 rings (SSSR count). The molecule has 0 saturated carbocycles. The molecule has 0 bridgehead atoms. The predicted octanol–water partition coefficient (Wildman–Crippen LogP) is 3.23. The smallest absolute Gasteiger partial charge is 0.265 e. The van der Waals surface area contributed by atoms with E-state index in [9.17, 15) is 4.79 Å². The molecule has 1 N–H and O–H groups in total. The van der Waals surface area contributed by atoms with Crippen molar-refractivity contribution >= 4 is 33.4 Å². The van der Waals surface area contributed by atoms with Gasteiger partial charge in [0.15, 0.2) is 0 Å². The Morgan fingerprint density at radius 1 is 1.38 bits per heavy atom. The Bertz CT molecular complexity index is 573. The van der Waals surface area contributed by atoms with Gasteiger partial charge in [-0.15, -0.1) is 5.10 Å². The molecule has 0 spiro atoms. The highest BCUT2D eigenvalue weighted by Gasteiger charge is 2.19. The van der Waals surface area contributed by atoms with Gasteiger partial charge in [-0.05, 0) is 29.9 Å². The minimum atomic E-state index is -0.0752. The number of nitrogens with one attached hydrogen (secondary N) is 1. The van der Waals surface area contributed by atoms with Gasteiger partial charge in [0.25, 0.3) is 5.91 Å². The Hall–Kier alpha value is -1.27. The van der Waals surface area contributed by atoms with Gasteiger partial charge in [0.2, 0.25) is 0 Å². The summed E-state index contributed by atoms with van der Waals surface area (Å²) >= 11 is 4.64. The van der Waals surface area contributed by atoms with Crippen LogP contribution in [0.15, 0.2) is 30.3 Å².